The summed E-state index contributed by atoms with van der Waals surface area (Å²) in [5.74, 6) is 1.34. The lowest BCUT2D eigenvalue weighted by molar-refractivity contribution is 0.0947. The average Bonchev–Trinajstić information content (AvgIpc) is 2.88. The summed E-state index contributed by atoms with van der Waals surface area (Å²) in [6.07, 6.45) is 16.6. The molecule has 0 radical (unpaired) electrons. The summed E-state index contributed by atoms with van der Waals surface area (Å²) in [6, 6.07) is 15.9. The molecule has 3 aromatic rings. The van der Waals surface area contributed by atoms with E-state index in [2.05, 4.69) is 23.3 Å². The molecule has 2 aromatic carbocycles. The summed E-state index contributed by atoms with van der Waals surface area (Å²) in [5, 5.41) is 5.24. The number of fused-ring (bicyclic) bond motifs is 1. The Morgan fingerprint density at radius 2 is 1.62 bits per heavy atom. The van der Waals surface area contributed by atoms with Gasteiger partial charge in [-0.2, -0.15) is 0 Å². The first kappa shape index (κ1) is 25.7. The van der Waals surface area contributed by atoms with Crippen LogP contribution in [0.5, 0.6) is 5.75 Å². The lowest BCUT2D eigenvalue weighted by Crippen LogP contribution is -2.28. The third-order valence-corrected chi connectivity index (χ3v) is 6.56. The second-order valence-corrected chi connectivity index (χ2v) is 9.47. The predicted octanol–water partition coefficient (Wildman–Crippen LogP) is 7.36. The Hall–Kier alpha value is -2.88. The zero-order valence-electron chi connectivity index (χ0n) is 20.9. The summed E-state index contributed by atoms with van der Waals surface area (Å²) in [4.78, 5) is 16.8. The number of nitrogens with zero attached hydrogens (tertiary/aromatic N) is 1. The Kier molecular flexibility index (Phi) is 10.9. The van der Waals surface area contributed by atoms with Crippen molar-refractivity contribution < 1.29 is 9.53 Å². The van der Waals surface area contributed by atoms with Crippen LogP contribution in [-0.2, 0) is 6.42 Å². The quantitative estimate of drug-likeness (QED) is 0.241. The molecule has 34 heavy (non-hydrogen) atoms. The molecule has 0 aliphatic heterocycles. The monoisotopic (exact) mass is 460 g/mol. The molecule has 0 bridgehead atoms. The number of carbonyl (C=O) groups is 1. The van der Waals surface area contributed by atoms with Crippen molar-refractivity contribution in [2.24, 2.45) is 5.92 Å². The van der Waals surface area contributed by atoms with Crippen molar-refractivity contribution in [3.8, 4) is 5.75 Å². The topological polar surface area (TPSA) is 51.2 Å². The number of hydrogen-bond donors (Lipinski definition) is 1. The smallest absolute Gasteiger partial charge is 0.251 e. The van der Waals surface area contributed by atoms with Crippen LogP contribution in [-0.4, -0.2) is 24.5 Å². The molecule has 0 aliphatic rings. The zero-order valence-corrected chi connectivity index (χ0v) is 20.9. The van der Waals surface area contributed by atoms with E-state index in [1.54, 1.807) is 7.11 Å². The minimum absolute atomic E-state index is 0.00750. The van der Waals surface area contributed by atoms with Gasteiger partial charge in [0.2, 0.25) is 0 Å². The third-order valence-electron chi connectivity index (χ3n) is 6.56. The van der Waals surface area contributed by atoms with Crippen LogP contribution in [0.2, 0.25) is 0 Å². The number of amides is 1. The van der Waals surface area contributed by atoms with Crippen LogP contribution in [0.15, 0.2) is 60.9 Å². The van der Waals surface area contributed by atoms with Gasteiger partial charge in [0.05, 0.1) is 7.11 Å². The largest absolute Gasteiger partial charge is 0.497 e. The van der Waals surface area contributed by atoms with Gasteiger partial charge in [0, 0.05) is 24.5 Å². The highest BCUT2D eigenvalue weighted by molar-refractivity contribution is 5.98. The van der Waals surface area contributed by atoms with E-state index in [-0.39, 0.29) is 5.91 Å². The summed E-state index contributed by atoms with van der Waals surface area (Å²) in [5.41, 5.74) is 2.07. The van der Waals surface area contributed by atoms with Crippen LogP contribution in [0.25, 0.3) is 10.8 Å². The van der Waals surface area contributed by atoms with Gasteiger partial charge in [-0.05, 0) is 71.8 Å². The first-order valence-electron chi connectivity index (χ1n) is 12.9. The zero-order chi connectivity index (χ0) is 24.0. The van der Waals surface area contributed by atoms with Crippen molar-refractivity contribution >= 4 is 16.7 Å². The number of hydrogen-bond acceptors (Lipinski definition) is 3. The standard InChI is InChI=1S/C30H40N2O2/c1-24(12-9-7-5-3-4-6-8-10-13-25-14-11-19-31-23-25)22-32-30(33)28-16-15-27-21-29(34-2)18-17-26(27)20-28/h11,14-21,23-24H,3-10,12-13,22H2,1-2H3,(H,32,33). The highest BCUT2D eigenvalue weighted by Gasteiger charge is 2.09. The van der Waals surface area contributed by atoms with E-state index in [4.69, 9.17) is 4.74 Å². The van der Waals surface area contributed by atoms with Crippen molar-refractivity contribution in [1.82, 2.24) is 10.3 Å². The Morgan fingerprint density at radius 1 is 0.912 bits per heavy atom. The maximum atomic E-state index is 12.6. The molecule has 1 atom stereocenters. The number of pyridine rings is 1. The Labute approximate surface area is 205 Å². The van der Waals surface area contributed by atoms with Gasteiger partial charge in [0.25, 0.3) is 5.91 Å². The Balaban J connectivity index is 1.21. The van der Waals surface area contributed by atoms with Gasteiger partial charge in [-0.25, -0.2) is 0 Å². The summed E-state index contributed by atoms with van der Waals surface area (Å²) >= 11 is 0. The molecule has 1 amide bonds. The van der Waals surface area contributed by atoms with Crippen LogP contribution in [0.3, 0.4) is 0 Å². The second kappa shape index (κ2) is 14.4. The Morgan fingerprint density at radius 3 is 2.35 bits per heavy atom. The minimum atomic E-state index is 0.00750. The maximum Gasteiger partial charge on any atom is 0.251 e. The first-order valence-corrected chi connectivity index (χ1v) is 12.9. The van der Waals surface area contributed by atoms with Crippen molar-refractivity contribution in [2.75, 3.05) is 13.7 Å². The maximum absolute atomic E-state index is 12.6. The molecule has 0 aliphatic carbocycles. The number of unbranched alkanes of at least 4 members (excludes halogenated alkanes) is 7. The second-order valence-electron chi connectivity index (χ2n) is 9.47. The van der Waals surface area contributed by atoms with Crippen LogP contribution in [0.1, 0.15) is 80.6 Å². The van der Waals surface area contributed by atoms with Crippen LogP contribution < -0.4 is 10.1 Å². The highest BCUT2D eigenvalue weighted by Crippen LogP contribution is 2.22. The van der Waals surface area contributed by atoms with Crippen molar-refractivity contribution in [2.45, 2.75) is 71.1 Å². The number of carbonyl (C=O) groups excluding carboxylic acids is 1. The van der Waals surface area contributed by atoms with Gasteiger partial charge in [-0.3, -0.25) is 9.78 Å². The molecule has 3 rings (SSSR count). The van der Waals surface area contributed by atoms with Crippen LogP contribution in [0.4, 0.5) is 0 Å². The molecule has 0 fully saturated rings. The van der Waals surface area contributed by atoms with E-state index in [0.717, 1.165) is 29.5 Å². The molecular formula is C30H40N2O2. The average molecular weight is 461 g/mol. The molecule has 1 unspecified atom stereocenters. The van der Waals surface area contributed by atoms with E-state index in [1.165, 1.54) is 63.4 Å². The van der Waals surface area contributed by atoms with E-state index in [0.29, 0.717) is 11.5 Å². The molecule has 1 N–H and O–H groups in total. The van der Waals surface area contributed by atoms with E-state index in [1.807, 2.05) is 54.9 Å². The predicted molar refractivity (Wildman–Crippen MR) is 141 cm³/mol. The van der Waals surface area contributed by atoms with Crippen molar-refractivity contribution in [3.63, 3.8) is 0 Å². The van der Waals surface area contributed by atoms with Gasteiger partial charge < -0.3 is 10.1 Å². The molecular weight excluding hydrogens is 420 g/mol. The number of rotatable bonds is 15. The summed E-state index contributed by atoms with van der Waals surface area (Å²) in [6.45, 7) is 2.96. The molecule has 1 aromatic heterocycles. The third kappa shape index (κ3) is 8.81. The normalized spacial score (nSPS) is 11.9. The first-order chi connectivity index (χ1) is 16.7. The molecule has 4 heteroatoms. The molecule has 182 valence electrons. The number of benzene rings is 2. The van der Waals surface area contributed by atoms with Crippen LogP contribution >= 0.6 is 0 Å². The fourth-order valence-corrected chi connectivity index (χ4v) is 4.39. The fraction of sp³-hybridized carbons (Fsp3) is 0.467. The van der Waals surface area contributed by atoms with Crippen molar-refractivity contribution in [1.29, 1.82) is 0 Å². The number of aromatic nitrogens is 1. The number of ether oxygens (including phenoxy) is 1. The number of methoxy groups -OCH3 is 1. The molecule has 0 spiro atoms. The molecule has 0 saturated heterocycles. The van der Waals surface area contributed by atoms with E-state index < -0.39 is 0 Å². The SMILES string of the molecule is COc1ccc2cc(C(=O)NCC(C)CCCCCCCCCCc3cccnc3)ccc2c1. The number of aryl methyl sites for hydroxylation is 1. The van der Waals surface area contributed by atoms with Crippen molar-refractivity contribution in [3.05, 3.63) is 72.1 Å². The molecule has 4 nitrogen and oxygen atoms in total. The van der Waals surface area contributed by atoms with Gasteiger partial charge in [0.15, 0.2) is 0 Å². The van der Waals surface area contributed by atoms with Gasteiger partial charge in [-0.1, -0.05) is 70.1 Å². The Bertz CT molecular complexity index is 1000. The lowest BCUT2D eigenvalue weighted by atomic mass is 10.0. The summed E-state index contributed by atoms with van der Waals surface area (Å²) < 4.78 is 5.27. The fourth-order valence-electron chi connectivity index (χ4n) is 4.39. The van der Waals surface area contributed by atoms with Gasteiger partial charge in [0.1, 0.15) is 5.75 Å². The van der Waals surface area contributed by atoms with E-state index in [9.17, 15) is 4.79 Å². The molecule has 1 heterocycles. The minimum Gasteiger partial charge on any atom is -0.497 e. The van der Waals surface area contributed by atoms with Gasteiger partial charge in [-0.15, -0.1) is 0 Å². The van der Waals surface area contributed by atoms with E-state index >= 15 is 0 Å². The number of nitrogens with one attached hydrogen (secondary N) is 1. The lowest BCUT2D eigenvalue weighted by Gasteiger charge is -2.13. The van der Waals surface area contributed by atoms with Crippen LogP contribution in [0, 0.1) is 5.92 Å². The highest BCUT2D eigenvalue weighted by atomic mass is 16.5. The van der Waals surface area contributed by atoms with Gasteiger partial charge >= 0.3 is 0 Å². The molecule has 0 saturated carbocycles. The summed E-state index contributed by atoms with van der Waals surface area (Å²) in [7, 11) is 1.66.